The van der Waals surface area contributed by atoms with Gasteiger partial charge in [0.15, 0.2) is 6.29 Å². The largest absolute Gasteiger partial charge is 0.497 e. The Morgan fingerprint density at radius 3 is 2.77 bits per heavy atom. The smallest absolute Gasteiger partial charge is 0.233 e. The Morgan fingerprint density at radius 1 is 1.26 bits per heavy atom. The quantitative estimate of drug-likeness (QED) is 0.337. The van der Waals surface area contributed by atoms with Crippen LogP contribution in [0.1, 0.15) is 27.2 Å². The van der Waals surface area contributed by atoms with Crippen molar-refractivity contribution in [1.29, 1.82) is 0 Å². The van der Waals surface area contributed by atoms with Crippen LogP contribution in [0.3, 0.4) is 0 Å². The van der Waals surface area contributed by atoms with Gasteiger partial charge in [-0.25, -0.2) is 4.68 Å². The molecule has 11 heteroatoms. The van der Waals surface area contributed by atoms with Gasteiger partial charge in [-0.1, -0.05) is 56.2 Å². The molecule has 1 aliphatic heterocycles. The number of ether oxygens (including phenoxy) is 3. The Hall–Kier alpha value is -2.89. The molecule has 2 N–H and O–H groups in total. The van der Waals surface area contributed by atoms with E-state index in [1.165, 1.54) is 6.92 Å². The monoisotopic (exact) mass is 503 g/mol. The molecule has 1 aromatic heterocycles. The molecule has 2 aromatic rings. The second-order valence-electron chi connectivity index (χ2n) is 8.59. The van der Waals surface area contributed by atoms with Crippen LogP contribution in [0.15, 0.2) is 42.6 Å². The second-order valence-corrected chi connectivity index (χ2v) is 8.81. The summed E-state index contributed by atoms with van der Waals surface area (Å²) < 4.78 is 21.6. The highest BCUT2D eigenvalue weighted by atomic mass is 32.1. The fraction of sp³-hybridized carbons (Fsp3) is 0.500. The number of rotatable bonds is 10. The lowest BCUT2D eigenvalue weighted by Gasteiger charge is -2.44. The van der Waals surface area contributed by atoms with Gasteiger partial charge < -0.3 is 24.2 Å². The van der Waals surface area contributed by atoms with E-state index in [2.05, 4.69) is 47.0 Å². The number of thiol groups is 1. The molecule has 5 atom stereocenters. The third-order valence-electron chi connectivity index (χ3n) is 6.18. The number of methoxy groups -OCH3 is 1. The molecule has 0 bridgehead atoms. The van der Waals surface area contributed by atoms with Crippen LogP contribution in [0.25, 0.3) is 11.3 Å². The molecule has 0 radical (unpaired) electrons. The Morgan fingerprint density at radius 2 is 2.06 bits per heavy atom. The van der Waals surface area contributed by atoms with Crippen molar-refractivity contribution in [3.8, 4) is 17.0 Å². The fourth-order valence-electron chi connectivity index (χ4n) is 4.02. The van der Waals surface area contributed by atoms with E-state index in [1.54, 1.807) is 23.9 Å². The summed E-state index contributed by atoms with van der Waals surface area (Å²) >= 11 is 3.73. The van der Waals surface area contributed by atoms with Crippen LogP contribution in [0, 0.1) is 11.8 Å². The Bertz CT molecular complexity index is 1030. The molecule has 0 spiro atoms. The maximum absolute atomic E-state index is 11.8. The highest BCUT2D eigenvalue weighted by Crippen LogP contribution is 2.32. The molecular weight excluding hydrogens is 470 g/mol. The average molecular weight is 504 g/mol. The lowest BCUT2D eigenvalue weighted by molar-refractivity contribution is -0.234. The highest BCUT2D eigenvalue weighted by Gasteiger charge is 2.42. The van der Waals surface area contributed by atoms with Gasteiger partial charge in [0.05, 0.1) is 38.6 Å². The molecule has 5 unspecified atom stereocenters. The first-order valence-corrected chi connectivity index (χ1v) is 11.9. The normalized spacial score (nSPS) is 24.3. The summed E-state index contributed by atoms with van der Waals surface area (Å²) in [5, 5.41) is 11.6. The van der Waals surface area contributed by atoms with Crippen LogP contribution in [0.5, 0.6) is 5.75 Å². The van der Waals surface area contributed by atoms with E-state index in [-0.39, 0.29) is 48.8 Å². The number of carbonyl (C=O) groups excluding carboxylic acids is 2. The highest BCUT2D eigenvalue weighted by molar-refractivity contribution is 7.78. The molecule has 0 saturated carbocycles. The minimum atomic E-state index is -0.653. The molecule has 0 aliphatic carbocycles. The molecule has 1 aliphatic rings. The van der Waals surface area contributed by atoms with Crippen molar-refractivity contribution in [3.05, 3.63) is 42.6 Å². The SMILES string of the molecule is COc1cccc(-c2cn(CC3OC(OC/C=C\CC(=O)NS)C(NC(C)=O)C(C)C3C)nn2)c1. The number of amides is 2. The second kappa shape index (κ2) is 12.7. The van der Waals surface area contributed by atoms with Crippen molar-refractivity contribution in [3.63, 3.8) is 0 Å². The molecule has 190 valence electrons. The zero-order valence-electron chi connectivity index (χ0n) is 20.4. The van der Waals surface area contributed by atoms with Crippen molar-refractivity contribution in [2.24, 2.45) is 11.8 Å². The third-order valence-corrected chi connectivity index (χ3v) is 6.43. The molecule has 1 saturated heterocycles. The predicted molar refractivity (Wildman–Crippen MR) is 133 cm³/mol. The summed E-state index contributed by atoms with van der Waals surface area (Å²) in [4.78, 5) is 23.1. The summed E-state index contributed by atoms with van der Waals surface area (Å²) in [7, 11) is 1.63. The van der Waals surface area contributed by atoms with Gasteiger partial charge in [-0.15, -0.1) is 5.10 Å². The Balaban J connectivity index is 1.69. The standard InChI is InChI=1S/C24H33N5O5S/c1-15-16(2)23(25-17(3)30)24(33-11-6-5-10-22(31)27-35)34-21(15)14-29-13-20(26-28-29)18-8-7-9-19(12-18)32-4/h5-9,12-13,15-16,21,23-24,35H,10-11,14H2,1-4H3,(H,25,30)(H,27,31)/b6-5-. The van der Waals surface area contributed by atoms with E-state index in [0.29, 0.717) is 6.54 Å². The van der Waals surface area contributed by atoms with Crippen molar-refractivity contribution in [2.45, 2.75) is 52.2 Å². The molecule has 1 aromatic carbocycles. The number of benzene rings is 1. The summed E-state index contributed by atoms with van der Waals surface area (Å²) in [6, 6.07) is 7.34. The molecule has 1 fully saturated rings. The van der Waals surface area contributed by atoms with Crippen LogP contribution in [0.4, 0.5) is 0 Å². The van der Waals surface area contributed by atoms with E-state index >= 15 is 0 Å². The van der Waals surface area contributed by atoms with E-state index in [0.717, 1.165) is 17.0 Å². The van der Waals surface area contributed by atoms with Crippen LogP contribution in [-0.2, 0) is 25.6 Å². The summed E-state index contributed by atoms with van der Waals surface area (Å²) in [6.07, 6.45) is 4.65. The minimum absolute atomic E-state index is 0.0861. The number of hydrogen-bond acceptors (Lipinski definition) is 8. The van der Waals surface area contributed by atoms with E-state index in [4.69, 9.17) is 14.2 Å². The van der Waals surface area contributed by atoms with Crippen LogP contribution in [0.2, 0.25) is 0 Å². The van der Waals surface area contributed by atoms with Crippen molar-refractivity contribution >= 4 is 24.6 Å². The molecule has 2 heterocycles. The number of carbonyl (C=O) groups is 2. The summed E-state index contributed by atoms with van der Waals surface area (Å²) in [6.45, 7) is 6.36. The molecule has 2 amide bonds. The van der Waals surface area contributed by atoms with Gasteiger partial charge in [0, 0.05) is 18.9 Å². The van der Waals surface area contributed by atoms with Gasteiger partial charge in [-0.2, -0.15) is 0 Å². The van der Waals surface area contributed by atoms with Gasteiger partial charge >= 0.3 is 0 Å². The van der Waals surface area contributed by atoms with Crippen molar-refractivity contribution in [1.82, 2.24) is 25.0 Å². The Kier molecular flexibility index (Phi) is 9.70. The van der Waals surface area contributed by atoms with Gasteiger partial charge in [-0.05, 0) is 24.0 Å². The van der Waals surface area contributed by atoms with Crippen LogP contribution >= 0.6 is 12.8 Å². The van der Waals surface area contributed by atoms with E-state index in [1.807, 2.05) is 30.5 Å². The van der Waals surface area contributed by atoms with Crippen molar-refractivity contribution < 1.29 is 23.8 Å². The first kappa shape index (κ1) is 26.7. The minimum Gasteiger partial charge on any atom is -0.497 e. The lowest BCUT2D eigenvalue weighted by atomic mass is 9.82. The van der Waals surface area contributed by atoms with E-state index in [9.17, 15) is 9.59 Å². The number of hydrogen-bond donors (Lipinski definition) is 3. The molecular formula is C24H33N5O5S. The van der Waals surface area contributed by atoms with Gasteiger partial charge in [-0.3, -0.25) is 9.59 Å². The first-order chi connectivity index (χ1) is 16.8. The maximum Gasteiger partial charge on any atom is 0.233 e. The van der Waals surface area contributed by atoms with Crippen LogP contribution < -0.4 is 14.8 Å². The van der Waals surface area contributed by atoms with Gasteiger partial charge in [0.25, 0.3) is 0 Å². The maximum atomic E-state index is 11.8. The zero-order chi connectivity index (χ0) is 25.4. The predicted octanol–water partition coefficient (Wildman–Crippen LogP) is 2.38. The number of aromatic nitrogens is 3. The number of nitrogens with one attached hydrogen (secondary N) is 2. The van der Waals surface area contributed by atoms with Gasteiger partial charge in [0.1, 0.15) is 11.4 Å². The van der Waals surface area contributed by atoms with E-state index < -0.39 is 6.29 Å². The van der Waals surface area contributed by atoms with Crippen molar-refractivity contribution in [2.75, 3.05) is 13.7 Å². The van der Waals surface area contributed by atoms with Gasteiger partial charge in [0.2, 0.25) is 11.8 Å². The van der Waals surface area contributed by atoms with Crippen LogP contribution in [-0.4, -0.2) is 59.0 Å². The zero-order valence-corrected chi connectivity index (χ0v) is 21.3. The fourth-order valence-corrected chi connectivity index (χ4v) is 4.11. The Labute approximate surface area is 210 Å². The lowest BCUT2D eigenvalue weighted by Crippen LogP contribution is -2.58. The third kappa shape index (κ3) is 7.30. The number of nitrogens with zero attached hydrogens (tertiary/aromatic N) is 3. The molecule has 10 nitrogen and oxygen atoms in total. The first-order valence-electron chi connectivity index (χ1n) is 11.5. The summed E-state index contributed by atoms with van der Waals surface area (Å²) in [5.41, 5.74) is 1.65. The topological polar surface area (TPSA) is 117 Å². The molecule has 35 heavy (non-hydrogen) atoms. The molecule has 3 rings (SSSR count). The summed E-state index contributed by atoms with van der Waals surface area (Å²) in [5.74, 6) is 0.594. The average Bonchev–Trinajstić information content (AvgIpc) is 3.32.